The lowest BCUT2D eigenvalue weighted by Crippen LogP contribution is -2.23. The Morgan fingerprint density at radius 3 is 2.58 bits per heavy atom. The van der Waals surface area contributed by atoms with Gasteiger partial charge in [-0.3, -0.25) is 4.79 Å². The Kier molecular flexibility index (Phi) is 4.13. The van der Waals surface area contributed by atoms with Crippen molar-refractivity contribution < 1.29 is 4.79 Å². The minimum absolute atomic E-state index is 0.140. The number of hydrogen-bond acceptors (Lipinski definition) is 3. The van der Waals surface area contributed by atoms with Gasteiger partial charge < -0.3 is 11.1 Å². The summed E-state index contributed by atoms with van der Waals surface area (Å²) in [6.07, 6.45) is 2.44. The minimum atomic E-state index is -0.140. The summed E-state index contributed by atoms with van der Waals surface area (Å²) in [5.41, 5.74) is 8.39. The summed E-state index contributed by atoms with van der Waals surface area (Å²) in [6.45, 7) is 2.62. The molecule has 4 heteroatoms. The molecule has 19 heavy (non-hydrogen) atoms. The summed E-state index contributed by atoms with van der Waals surface area (Å²) < 4.78 is 0. The van der Waals surface area contributed by atoms with Gasteiger partial charge in [0.2, 0.25) is 0 Å². The van der Waals surface area contributed by atoms with Crippen molar-refractivity contribution >= 4 is 11.7 Å². The number of anilines is 1. The van der Waals surface area contributed by atoms with Crippen molar-refractivity contribution in [1.82, 2.24) is 10.3 Å². The van der Waals surface area contributed by atoms with Crippen molar-refractivity contribution in [1.29, 1.82) is 0 Å². The number of rotatable bonds is 4. The van der Waals surface area contributed by atoms with Crippen LogP contribution in [0.15, 0.2) is 42.6 Å². The molecule has 0 aliphatic heterocycles. The molecule has 0 spiro atoms. The van der Waals surface area contributed by atoms with Gasteiger partial charge in [-0.1, -0.05) is 31.2 Å². The van der Waals surface area contributed by atoms with Crippen LogP contribution >= 0.6 is 0 Å². The molecule has 1 heterocycles. The standard InChI is InChI=1S/C15H17N3O/c1-2-11-5-3-4-6-12(11)9-18-15(19)13-7-8-14(16)17-10-13/h3-8,10H,2,9H2,1H3,(H2,16,17)(H,18,19). The number of nitrogens with one attached hydrogen (secondary N) is 1. The van der Waals surface area contributed by atoms with Crippen LogP contribution in [0.2, 0.25) is 0 Å². The smallest absolute Gasteiger partial charge is 0.253 e. The first-order chi connectivity index (χ1) is 9.20. The van der Waals surface area contributed by atoms with Crippen LogP contribution in [0.1, 0.15) is 28.4 Å². The van der Waals surface area contributed by atoms with E-state index in [4.69, 9.17) is 5.73 Å². The Hall–Kier alpha value is -2.36. The van der Waals surface area contributed by atoms with E-state index in [2.05, 4.69) is 23.3 Å². The van der Waals surface area contributed by atoms with Crippen molar-refractivity contribution in [3.63, 3.8) is 0 Å². The van der Waals surface area contributed by atoms with Gasteiger partial charge in [0.1, 0.15) is 5.82 Å². The van der Waals surface area contributed by atoms with E-state index in [0.29, 0.717) is 17.9 Å². The highest BCUT2D eigenvalue weighted by molar-refractivity contribution is 5.93. The van der Waals surface area contributed by atoms with E-state index in [0.717, 1.165) is 12.0 Å². The van der Waals surface area contributed by atoms with E-state index >= 15 is 0 Å². The molecule has 0 bridgehead atoms. The highest BCUT2D eigenvalue weighted by atomic mass is 16.1. The SMILES string of the molecule is CCc1ccccc1CNC(=O)c1ccc(N)nc1. The summed E-state index contributed by atoms with van der Waals surface area (Å²) in [7, 11) is 0. The fourth-order valence-corrected chi connectivity index (χ4v) is 1.89. The van der Waals surface area contributed by atoms with E-state index in [1.807, 2.05) is 18.2 Å². The number of aromatic nitrogens is 1. The van der Waals surface area contributed by atoms with Crippen LogP contribution in [-0.2, 0) is 13.0 Å². The topological polar surface area (TPSA) is 68.0 Å². The molecular formula is C15H17N3O. The van der Waals surface area contributed by atoms with Crippen LogP contribution in [0.3, 0.4) is 0 Å². The average molecular weight is 255 g/mol. The van der Waals surface area contributed by atoms with E-state index in [1.165, 1.54) is 11.8 Å². The zero-order chi connectivity index (χ0) is 13.7. The molecule has 0 atom stereocenters. The van der Waals surface area contributed by atoms with Crippen molar-refractivity contribution in [2.75, 3.05) is 5.73 Å². The molecule has 0 fully saturated rings. The quantitative estimate of drug-likeness (QED) is 0.879. The summed E-state index contributed by atoms with van der Waals surface area (Å²) in [4.78, 5) is 15.8. The van der Waals surface area contributed by atoms with Crippen molar-refractivity contribution in [2.45, 2.75) is 19.9 Å². The van der Waals surface area contributed by atoms with Gasteiger partial charge in [-0.25, -0.2) is 4.98 Å². The first-order valence-corrected chi connectivity index (χ1v) is 6.27. The van der Waals surface area contributed by atoms with Gasteiger partial charge in [0, 0.05) is 12.7 Å². The van der Waals surface area contributed by atoms with E-state index in [-0.39, 0.29) is 5.91 Å². The van der Waals surface area contributed by atoms with Crippen LogP contribution in [0.25, 0.3) is 0 Å². The second-order valence-electron chi connectivity index (χ2n) is 4.28. The molecule has 0 aliphatic carbocycles. The Labute approximate surface area is 112 Å². The van der Waals surface area contributed by atoms with Gasteiger partial charge in [-0.2, -0.15) is 0 Å². The fourth-order valence-electron chi connectivity index (χ4n) is 1.89. The molecule has 0 unspecified atom stereocenters. The molecule has 4 nitrogen and oxygen atoms in total. The van der Waals surface area contributed by atoms with Crippen molar-refractivity contribution in [2.24, 2.45) is 0 Å². The predicted octanol–water partition coefficient (Wildman–Crippen LogP) is 2.16. The number of nitrogens with two attached hydrogens (primary N) is 1. The average Bonchev–Trinajstić information content (AvgIpc) is 2.45. The predicted molar refractivity (Wildman–Crippen MR) is 75.6 cm³/mol. The maximum Gasteiger partial charge on any atom is 0.253 e. The molecule has 98 valence electrons. The van der Waals surface area contributed by atoms with E-state index in [9.17, 15) is 4.79 Å². The van der Waals surface area contributed by atoms with E-state index in [1.54, 1.807) is 12.1 Å². The number of nitrogen functional groups attached to an aromatic ring is 1. The normalized spacial score (nSPS) is 10.2. The summed E-state index contributed by atoms with van der Waals surface area (Å²) >= 11 is 0. The maximum absolute atomic E-state index is 11.9. The molecular weight excluding hydrogens is 238 g/mol. The number of aryl methyl sites for hydroxylation is 1. The molecule has 1 aromatic carbocycles. The van der Waals surface area contributed by atoms with Gasteiger partial charge in [-0.15, -0.1) is 0 Å². The van der Waals surface area contributed by atoms with Gasteiger partial charge in [-0.05, 0) is 29.7 Å². The monoisotopic (exact) mass is 255 g/mol. The highest BCUT2D eigenvalue weighted by Gasteiger charge is 2.06. The minimum Gasteiger partial charge on any atom is -0.384 e. The number of carbonyl (C=O) groups excluding carboxylic acids is 1. The summed E-state index contributed by atoms with van der Waals surface area (Å²) in [5, 5.41) is 2.89. The van der Waals surface area contributed by atoms with Crippen molar-refractivity contribution in [3.8, 4) is 0 Å². The first-order valence-electron chi connectivity index (χ1n) is 6.27. The number of hydrogen-bond donors (Lipinski definition) is 2. The third-order valence-electron chi connectivity index (χ3n) is 2.99. The molecule has 0 aliphatic rings. The zero-order valence-corrected chi connectivity index (χ0v) is 10.9. The van der Waals surface area contributed by atoms with Crippen LogP contribution in [0.5, 0.6) is 0 Å². The molecule has 0 radical (unpaired) electrons. The Morgan fingerprint density at radius 2 is 1.95 bits per heavy atom. The largest absolute Gasteiger partial charge is 0.384 e. The summed E-state index contributed by atoms with van der Waals surface area (Å²) in [6, 6.07) is 11.4. The fraction of sp³-hybridized carbons (Fsp3) is 0.200. The Morgan fingerprint density at radius 1 is 1.21 bits per heavy atom. The third-order valence-corrected chi connectivity index (χ3v) is 2.99. The van der Waals surface area contributed by atoms with Crippen molar-refractivity contribution in [3.05, 3.63) is 59.3 Å². The molecule has 1 amide bonds. The molecule has 0 saturated heterocycles. The number of benzene rings is 1. The van der Waals surface area contributed by atoms with Crippen LogP contribution in [-0.4, -0.2) is 10.9 Å². The summed E-state index contributed by atoms with van der Waals surface area (Å²) in [5.74, 6) is 0.270. The lowest BCUT2D eigenvalue weighted by Gasteiger charge is -2.09. The molecule has 3 N–H and O–H groups in total. The number of nitrogens with zero attached hydrogens (tertiary/aromatic N) is 1. The molecule has 1 aromatic heterocycles. The molecule has 2 rings (SSSR count). The maximum atomic E-state index is 11.9. The lowest BCUT2D eigenvalue weighted by atomic mass is 10.1. The second-order valence-corrected chi connectivity index (χ2v) is 4.28. The van der Waals surface area contributed by atoms with Crippen LogP contribution in [0.4, 0.5) is 5.82 Å². The highest BCUT2D eigenvalue weighted by Crippen LogP contribution is 2.09. The van der Waals surface area contributed by atoms with Gasteiger partial charge in [0.25, 0.3) is 5.91 Å². The zero-order valence-electron chi connectivity index (χ0n) is 10.9. The third kappa shape index (κ3) is 3.31. The van der Waals surface area contributed by atoms with E-state index < -0.39 is 0 Å². The molecule has 2 aromatic rings. The van der Waals surface area contributed by atoms with Gasteiger partial charge in [0.15, 0.2) is 0 Å². The lowest BCUT2D eigenvalue weighted by molar-refractivity contribution is 0.0950. The Balaban J connectivity index is 2.02. The second kappa shape index (κ2) is 6.00. The number of carbonyl (C=O) groups is 1. The van der Waals surface area contributed by atoms with Gasteiger partial charge in [0.05, 0.1) is 5.56 Å². The van der Waals surface area contributed by atoms with Crippen LogP contribution < -0.4 is 11.1 Å². The van der Waals surface area contributed by atoms with Crippen LogP contribution in [0, 0.1) is 0 Å². The number of pyridine rings is 1. The molecule has 0 saturated carbocycles. The Bertz CT molecular complexity index is 564. The van der Waals surface area contributed by atoms with Gasteiger partial charge >= 0.3 is 0 Å². The first kappa shape index (κ1) is 13.1. The number of amides is 1.